The Labute approximate surface area is 196 Å². The number of nitrogens with zero attached hydrogens (tertiary/aromatic N) is 2. The predicted octanol–water partition coefficient (Wildman–Crippen LogP) is 8.42. The minimum absolute atomic E-state index is 0.800. The average molecular weight is 437 g/mol. The minimum Gasteiger partial charge on any atom is -0.494 e. The van der Waals surface area contributed by atoms with Crippen molar-refractivity contribution in [3.63, 3.8) is 0 Å². The first kappa shape index (κ1) is 24.7. The molecule has 2 aromatic rings. The highest BCUT2D eigenvalue weighted by Gasteiger charge is 2.20. The van der Waals surface area contributed by atoms with Gasteiger partial charge in [-0.2, -0.15) is 10.2 Å². The fourth-order valence-electron chi connectivity index (χ4n) is 4.93. The van der Waals surface area contributed by atoms with Crippen LogP contribution in [0.25, 0.3) is 11.3 Å². The van der Waals surface area contributed by atoms with Crippen LogP contribution in [0.1, 0.15) is 103 Å². The van der Waals surface area contributed by atoms with Crippen molar-refractivity contribution in [1.82, 2.24) is 10.2 Å². The molecule has 0 saturated heterocycles. The number of aryl methyl sites for hydroxylation is 1. The van der Waals surface area contributed by atoms with Crippen molar-refractivity contribution in [2.75, 3.05) is 6.61 Å². The molecule has 3 rings (SSSR count). The van der Waals surface area contributed by atoms with Gasteiger partial charge < -0.3 is 4.74 Å². The summed E-state index contributed by atoms with van der Waals surface area (Å²) >= 11 is 0. The summed E-state index contributed by atoms with van der Waals surface area (Å²) in [7, 11) is 0. The Kier molecular flexibility index (Phi) is 11.0. The molecule has 32 heavy (non-hydrogen) atoms. The second-order valence-electron chi connectivity index (χ2n) is 9.76. The van der Waals surface area contributed by atoms with E-state index in [-0.39, 0.29) is 0 Å². The van der Waals surface area contributed by atoms with Gasteiger partial charge in [0.25, 0.3) is 0 Å². The maximum absolute atomic E-state index is 5.85. The monoisotopic (exact) mass is 436 g/mol. The first-order chi connectivity index (χ1) is 15.8. The zero-order valence-electron chi connectivity index (χ0n) is 20.5. The van der Waals surface area contributed by atoms with E-state index in [0.717, 1.165) is 54.0 Å². The molecule has 1 heterocycles. The summed E-state index contributed by atoms with van der Waals surface area (Å²) in [6.07, 6.45) is 18.6. The number of ether oxygens (including phenoxy) is 1. The molecule has 0 radical (unpaired) electrons. The van der Waals surface area contributed by atoms with Gasteiger partial charge in [-0.25, -0.2) is 0 Å². The molecule has 0 aliphatic heterocycles. The van der Waals surface area contributed by atoms with Gasteiger partial charge in [0.05, 0.1) is 18.0 Å². The van der Waals surface area contributed by atoms with Crippen LogP contribution in [-0.2, 0) is 6.42 Å². The van der Waals surface area contributed by atoms with E-state index in [1.54, 1.807) is 0 Å². The van der Waals surface area contributed by atoms with Gasteiger partial charge in [-0.3, -0.25) is 0 Å². The molecule has 0 amide bonds. The molecule has 1 aromatic carbocycles. The van der Waals surface area contributed by atoms with E-state index in [1.807, 2.05) is 12.1 Å². The van der Waals surface area contributed by atoms with Gasteiger partial charge in [-0.1, -0.05) is 84.5 Å². The molecule has 1 aliphatic rings. The van der Waals surface area contributed by atoms with Crippen molar-refractivity contribution in [2.45, 2.75) is 104 Å². The lowest BCUT2D eigenvalue weighted by atomic mass is 9.78. The fourth-order valence-corrected chi connectivity index (χ4v) is 4.93. The summed E-state index contributed by atoms with van der Waals surface area (Å²) in [5.41, 5.74) is 3.17. The van der Waals surface area contributed by atoms with Crippen molar-refractivity contribution < 1.29 is 4.74 Å². The lowest BCUT2D eigenvalue weighted by molar-refractivity contribution is 0.248. The topological polar surface area (TPSA) is 35.0 Å². The Morgan fingerprint density at radius 1 is 0.719 bits per heavy atom. The van der Waals surface area contributed by atoms with Gasteiger partial charge in [-0.05, 0) is 67.5 Å². The Morgan fingerprint density at radius 2 is 1.41 bits per heavy atom. The summed E-state index contributed by atoms with van der Waals surface area (Å²) in [5.74, 6) is 2.82. The van der Waals surface area contributed by atoms with Crippen molar-refractivity contribution >= 4 is 0 Å². The number of unbranched alkanes of at least 4 members (excludes halogenated alkanes) is 5. The van der Waals surface area contributed by atoms with Gasteiger partial charge in [-0.15, -0.1) is 0 Å². The van der Waals surface area contributed by atoms with Crippen LogP contribution in [-0.4, -0.2) is 16.8 Å². The van der Waals surface area contributed by atoms with Crippen LogP contribution in [0.4, 0.5) is 0 Å². The standard InChI is InChI=1S/C29H44N2O/c1-3-5-7-9-23-32-28-20-16-26(17-21-28)29-22-19-27(30-31-29)18-15-25-13-11-24(12-14-25)10-8-6-4-2/h16-17,19-22,24-25H,3-15,18,23H2,1-2H3. The molecule has 0 spiro atoms. The summed E-state index contributed by atoms with van der Waals surface area (Å²) in [4.78, 5) is 0. The number of hydrogen-bond acceptors (Lipinski definition) is 3. The largest absolute Gasteiger partial charge is 0.494 e. The molecule has 176 valence electrons. The number of aromatic nitrogens is 2. The molecule has 1 saturated carbocycles. The smallest absolute Gasteiger partial charge is 0.119 e. The van der Waals surface area contributed by atoms with Crippen LogP contribution >= 0.6 is 0 Å². The third-order valence-corrected chi connectivity index (χ3v) is 7.13. The molecule has 1 aromatic heterocycles. The Bertz CT molecular complexity index is 733. The van der Waals surface area contributed by atoms with E-state index in [2.05, 4.69) is 48.3 Å². The molecular weight excluding hydrogens is 392 g/mol. The zero-order chi connectivity index (χ0) is 22.4. The third kappa shape index (κ3) is 8.56. The quantitative estimate of drug-likeness (QED) is 0.279. The highest BCUT2D eigenvalue weighted by molar-refractivity contribution is 5.59. The maximum atomic E-state index is 5.85. The van der Waals surface area contributed by atoms with Crippen LogP contribution in [0.2, 0.25) is 0 Å². The van der Waals surface area contributed by atoms with E-state index in [4.69, 9.17) is 4.74 Å². The van der Waals surface area contributed by atoms with Gasteiger partial charge in [0.1, 0.15) is 5.75 Å². The molecule has 0 unspecified atom stereocenters. The van der Waals surface area contributed by atoms with Gasteiger partial charge in [0.15, 0.2) is 0 Å². The minimum atomic E-state index is 0.800. The Hall–Kier alpha value is -1.90. The van der Waals surface area contributed by atoms with Crippen LogP contribution in [0, 0.1) is 11.8 Å². The SMILES string of the molecule is CCCCCCOc1ccc(-c2ccc(CCC3CCC(CCCCC)CC3)nn2)cc1. The molecule has 1 fully saturated rings. The number of benzene rings is 1. The molecule has 0 bridgehead atoms. The first-order valence-corrected chi connectivity index (χ1v) is 13.3. The van der Waals surface area contributed by atoms with E-state index >= 15 is 0 Å². The second kappa shape index (κ2) is 14.3. The van der Waals surface area contributed by atoms with Crippen molar-refractivity contribution in [3.05, 3.63) is 42.1 Å². The predicted molar refractivity (Wildman–Crippen MR) is 135 cm³/mol. The zero-order valence-corrected chi connectivity index (χ0v) is 20.5. The first-order valence-electron chi connectivity index (χ1n) is 13.3. The Balaban J connectivity index is 1.38. The normalized spacial score (nSPS) is 18.6. The highest BCUT2D eigenvalue weighted by Crippen LogP contribution is 2.34. The molecule has 3 nitrogen and oxygen atoms in total. The van der Waals surface area contributed by atoms with Crippen LogP contribution in [0.15, 0.2) is 36.4 Å². The van der Waals surface area contributed by atoms with Gasteiger partial charge in [0.2, 0.25) is 0 Å². The molecule has 0 N–H and O–H groups in total. The van der Waals surface area contributed by atoms with E-state index < -0.39 is 0 Å². The fraction of sp³-hybridized carbons (Fsp3) is 0.655. The lowest BCUT2D eigenvalue weighted by Gasteiger charge is -2.28. The number of hydrogen-bond donors (Lipinski definition) is 0. The van der Waals surface area contributed by atoms with Crippen LogP contribution < -0.4 is 4.74 Å². The molecule has 1 aliphatic carbocycles. The summed E-state index contributed by atoms with van der Waals surface area (Å²) in [6.45, 7) is 5.33. The van der Waals surface area contributed by atoms with Crippen LogP contribution in [0.5, 0.6) is 5.75 Å². The lowest BCUT2D eigenvalue weighted by Crippen LogP contribution is -2.15. The maximum Gasteiger partial charge on any atom is 0.119 e. The second-order valence-corrected chi connectivity index (χ2v) is 9.76. The molecule has 0 atom stereocenters. The third-order valence-electron chi connectivity index (χ3n) is 7.13. The van der Waals surface area contributed by atoms with Gasteiger partial charge in [0, 0.05) is 5.56 Å². The molecular formula is C29H44N2O. The van der Waals surface area contributed by atoms with Crippen LogP contribution in [0.3, 0.4) is 0 Å². The van der Waals surface area contributed by atoms with Crippen molar-refractivity contribution in [3.8, 4) is 17.0 Å². The molecule has 3 heteroatoms. The van der Waals surface area contributed by atoms with Crippen molar-refractivity contribution in [1.29, 1.82) is 0 Å². The summed E-state index contributed by atoms with van der Waals surface area (Å²) in [5, 5.41) is 9.02. The number of rotatable bonds is 14. The van der Waals surface area contributed by atoms with Crippen molar-refractivity contribution in [2.24, 2.45) is 11.8 Å². The van der Waals surface area contributed by atoms with E-state index in [1.165, 1.54) is 77.0 Å². The van der Waals surface area contributed by atoms with E-state index in [9.17, 15) is 0 Å². The van der Waals surface area contributed by atoms with E-state index in [0.29, 0.717) is 0 Å². The summed E-state index contributed by atoms with van der Waals surface area (Å²) < 4.78 is 5.85. The Morgan fingerprint density at radius 3 is 2.06 bits per heavy atom. The highest BCUT2D eigenvalue weighted by atomic mass is 16.5. The van der Waals surface area contributed by atoms with Gasteiger partial charge >= 0.3 is 0 Å². The summed E-state index contributed by atoms with van der Waals surface area (Å²) in [6, 6.07) is 12.5. The average Bonchev–Trinajstić information content (AvgIpc) is 2.84.